The van der Waals surface area contributed by atoms with Crippen LogP contribution >= 0.6 is 39.1 Å². The third-order valence-electron chi connectivity index (χ3n) is 9.11. The number of hydrogen-bond donors (Lipinski definition) is 1. The van der Waals surface area contributed by atoms with Gasteiger partial charge in [-0.15, -0.1) is 23.2 Å². The second-order valence-corrected chi connectivity index (χ2v) is 12.5. The van der Waals surface area contributed by atoms with Gasteiger partial charge in [0.2, 0.25) is 11.8 Å². The molecule has 5 aliphatic rings. The number of rotatable bonds is 4. The quantitative estimate of drug-likeness (QED) is 0.239. The number of allylic oxidation sites excluding steroid dienone is 2. The minimum absolute atomic E-state index is 0.0410. The fourth-order valence-corrected chi connectivity index (χ4v) is 8.83. The molecular weight excluding hydrogens is 587 g/mol. The molecule has 0 aromatic carbocycles. The fraction of sp³-hybridized carbons (Fsp3) is 0.615. The highest BCUT2D eigenvalue weighted by molar-refractivity contribution is 9.09. The number of alkyl halides is 3. The Kier molecular flexibility index (Phi) is 6.18. The van der Waals surface area contributed by atoms with Crippen molar-refractivity contribution in [3.8, 4) is 0 Å². The number of amides is 4. The number of fused-ring (bicyclic) bond motifs is 4. The predicted molar refractivity (Wildman–Crippen MR) is 137 cm³/mol. The highest BCUT2D eigenvalue weighted by Gasteiger charge is 2.77. The summed E-state index contributed by atoms with van der Waals surface area (Å²) in [6.07, 6.45) is 6.86. The van der Waals surface area contributed by atoms with Crippen LogP contribution in [0.4, 0.5) is 0 Å². The van der Waals surface area contributed by atoms with E-state index in [0.29, 0.717) is 12.0 Å². The van der Waals surface area contributed by atoms with Crippen LogP contribution in [0.15, 0.2) is 28.2 Å². The number of furan rings is 1. The van der Waals surface area contributed by atoms with Gasteiger partial charge in [-0.3, -0.25) is 29.0 Å². The maximum atomic E-state index is 13.9. The number of hydrogen-bond acceptors (Lipinski definition) is 6. The lowest BCUT2D eigenvalue weighted by atomic mass is 9.57. The average molecular weight is 614 g/mol. The Bertz CT molecular complexity index is 1230. The maximum absolute atomic E-state index is 13.9. The lowest BCUT2D eigenvalue weighted by Crippen LogP contribution is -2.60. The van der Waals surface area contributed by atoms with Crippen LogP contribution in [0.25, 0.3) is 0 Å². The summed E-state index contributed by atoms with van der Waals surface area (Å²) in [5.74, 6) is -3.80. The van der Waals surface area contributed by atoms with Crippen LogP contribution in [0.1, 0.15) is 62.4 Å². The van der Waals surface area contributed by atoms with Gasteiger partial charge < -0.3 is 9.52 Å². The normalized spacial score (nSPS) is 38.1. The van der Waals surface area contributed by atoms with Gasteiger partial charge in [0.1, 0.15) is 18.1 Å². The predicted octanol–water partition coefficient (Wildman–Crippen LogP) is 3.82. The maximum Gasteiger partial charge on any atom is 0.254 e. The Balaban J connectivity index is 1.48. The van der Waals surface area contributed by atoms with Gasteiger partial charge in [-0.05, 0) is 43.7 Å². The molecule has 0 bridgehead atoms. The SMILES string of the molecule is O=C1[C@H]2[C@H](CC=C3[C@H]2C[C@@]2(Cl)C(=O)N(CBr)C(=O)[C@@]2(Cl)[C@H]3c2ccc(CO)o2)C(=O)N1C1CCCCC1. The molecule has 8 nitrogen and oxygen atoms in total. The molecular formula is C26H27BrCl2N2O6. The minimum atomic E-state index is -1.89. The van der Waals surface area contributed by atoms with Crippen molar-refractivity contribution >= 4 is 62.8 Å². The Labute approximate surface area is 232 Å². The van der Waals surface area contributed by atoms with E-state index in [4.69, 9.17) is 27.6 Å². The van der Waals surface area contributed by atoms with Crippen molar-refractivity contribution in [2.24, 2.45) is 17.8 Å². The van der Waals surface area contributed by atoms with Crippen molar-refractivity contribution in [1.29, 1.82) is 0 Å². The summed E-state index contributed by atoms with van der Waals surface area (Å²) in [5, 5.41) is 9.61. The molecule has 198 valence electrons. The van der Waals surface area contributed by atoms with E-state index in [1.807, 2.05) is 6.08 Å². The first kappa shape index (κ1) is 25.6. The molecule has 0 radical (unpaired) electrons. The molecule has 6 atom stereocenters. The van der Waals surface area contributed by atoms with Crippen LogP contribution in [0.2, 0.25) is 0 Å². The standard InChI is InChI=1S/C26H27BrCl2N2O6/c27-12-30-23(35)25(28)10-17-15(20(26(25,29)24(30)36)18-9-6-14(11-32)37-18)7-8-16-19(17)22(34)31(21(16)33)13-4-2-1-3-5-13/h6-7,9,13,16-17,19-20,32H,1-5,8,10-12H2/t16-,17+,19-,20+,25+,26-/m0/s1. The first-order valence-electron chi connectivity index (χ1n) is 12.8. The summed E-state index contributed by atoms with van der Waals surface area (Å²) >= 11 is 17.5. The summed E-state index contributed by atoms with van der Waals surface area (Å²) in [6, 6.07) is 3.10. The molecule has 4 amide bonds. The van der Waals surface area contributed by atoms with Crippen molar-refractivity contribution in [2.45, 2.75) is 73.3 Å². The third kappa shape index (κ3) is 3.29. The molecule has 2 aliphatic heterocycles. The highest BCUT2D eigenvalue weighted by atomic mass is 79.9. The van der Waals surface area contributed by atoms with Gasteiger partial charge in [0.25, 0.3) is 11.8 Å². The molecule has 1 N–H and O–H groups in total. The zero-order chi connectivity index (χ0) is 26.3. The molecule has 6 rings (SSSR count). The Morgan fingerprint density at radius 2 is 1.76 bits per heavy atom. The minimum Gasteiger partial charge on any atom is -0.463 e. The summed E-state index contributed by atoms with van der Waals surface area (Å²) < 4.78 is 5.88. The number of carbonyl (C=O) groups excluding carboxylic acids is 4. The van der Waals surface area contributed by atoms with Gasteiger partial charge in [0.05, 0.1) is 23.2 Å². The van der Waals surface area contributed by atoms with Gasteiger partial charge in [0.15, 0.2) is 9.75 Å². The van der Waals surface area contributed by atoms with E-state index < -0.39 is 45.2 Å². The van der Waals surface area contributed by atoms with Crippen LogP contribution in [0.3, 0.4) is 0 Å². The van der Waals surface area contributed by atoms with Crippen LogP contribution in [-0.4, -0.2) is 59.8 Å². The first-order valence-corrected chi connectivity index (χ1v) is 14.6. The Hall–Kier alpha value is -1.68. The molecule has 1 aromatic heterocycles. The van der Waals surface area contributed by atoms with E-state index >= 15 is 0 Å². The van der Waals surface area contributed by atoms with Gasteiger partial charge in [0, 0.05) is 6.04 Å². The van der Waals surface area contributed by atoms with Crippen molar-refractivity contribution < 1.29 is 28.7 Å². The number of aliphatic hydroxyl groups is 1. The molecule has 0 spiro atoms. The monoisotopic (exact) mass is 612 g/mol. The topological polar surface area (TPSA) is 108 Å². The number of aliphatic hydroxyl groups excluding tert-OH is 1. The molecule has 2 saturated carbocycles. The Morgan fingerprint density at radius 3 is 2.41 bits per heavy atom. The van der Waals surface area contributed by atoms with E-state index in [1.54, 1.807) is 12.1 Å². The number of likely N-dealkylation sites (tertiary alicyclic amines) is 2. The smallest absolute Gasteiger partial charge is 0.254 e. The molecule has 3 aliphatic carbocycles. The Morgan fingerprint density at radius 1 is 1.03 bits per heavy atom. The summed E-state index contributed by atoms with van der Waals surface area (Å²) in [4.78, 5) is 53.4. The average Bonchev–Trinajstić information content (AvgIpc) is 3.51. The molecule has 4 fully saturated rings. The molecule has 3 heterocycles. The fourth-order valence-electron chi connectivity index (χ4n) is 7.42. The van der Waals surface area contributed by atoms with Crippen LogP contribution in [0.5, 0.6) is 0 Å². The number of nitrogens with zero attached hydrogens (tertiary/aromatic N) is 2. The van der Waals surface area contributed by atoms with Crippen molar-refractivity contribution in [3.63, 3.8) is 0 Å². The second kappa shape index (κ2) is 8.93. The van der Waals surface area contributed by atoms with Crippen molar-refractivity contribution in [2.75, 3.05) is 5.45 Å². The lowest BCUT2D eigenvalue weighted by molar-refractivity contribution is -0.144. The molecule has 2 saturated heterocycles. The van der Waals surface area contributed by atoms with Crippen LogP contribution < -0.4 is 0 Å². The zero-order valence-electron chi connectivity index (χ0n) is 20.0. The summed E-state index contributed by atoms with van der Waals surface area (Å²) in [5.41, 5.74) is 0.610. The highest BCUT2D eigenvalue weighted by Crippen LogP contribution is 2.65. The molecule has 11 heteroatoms. The lowest BCUT2D eigenvalue weighted by Gasteiger charge is -2.49. The summed E-state index contributed by atoms with van der Waals surface area (Å²) in [6.45, 7) is -0.356. The second-order valence-electron chi connectivity index (χ2n) is 10.8. The van der Waals surface area contributed by atoms with Gasteiger partial charge in [-0.2, -0.15) is 0 Å². The van der Waals surface area contributed by atoms with E-state index in [2.05, 4.69) is 15.9 Å². The zero-order valence-corrected chi connectivity index (χ0v) is 23.1. The third-order valence-corrected chi connectivity index (χ3v) is 11.0. The number of imide groups is 2. The van der Waals surface area contributed by atoms with E-state index in [0.717, 1.165) is 37.0 Å². The number of halogens is 3. The van der Waals surface area contributed by atoms with Crippen molar-refractivity contribution in [1.82, 2.24) is 9.80 Å². The molecule has 1 aromatic rings. The largest absolute Gasteiger partial charge is 0.463 e. The van der Waals surface area contributed by atoms with Gasteiger partial charge in [-0.25, -0.2) is 0 Å². The van der Waals surface area contributed by atoms with E-state index in [-0.39, 0.29) is 47.9 Å². The summed E-state index contributed by atoms with van der Waals surface area (Å²) in [7, 11) is 0. The van der Waals surface area contributed by atoms with Crippen LogP contribution in [-0.2, 0) is 25.8 Å². The number of carbonyl (C=O) groups is 4. The molecule has 37 heavy (non-hydrogen) atoms. The van der Waals surface area contributed by atoms with Gasteiger partial charge in [-0.1, -0.05) is 46.8 Å². The van der Waals surface area contributed by atoms with Crippen LogP contribution in [0, 0.1) is 17.8 Å². The van der Waals surface area contributed by atoms with E-state index in [9.17, 15) is 24.3 Å². The van der Waals surface area contributed by atoms with Crippen molar-refractivity contribution in [3.05, 3.63) is 35.3 Å². The molecule has 0 unspecified atom stereocenters. The first-order chi connectivity index (χ1) is 17.7. The van der Waals surface area contributed by atoms with E-state index in [1.165, 1.54) is 4.90 Å². The van der Waals surface area contributed by atoms with Gasteiger partial charge >= 0.3 is 0 Å².